The first kappa shape index (κ1) is 17.4. The third kappa shape index (κ3) is 4.71. The highest BCUT2D eigenvalue weighted by atomic mass is 32.2. The normalized spacial score (nSPS) is 11.8. The van der Waals surface area contributed by atoms with E-state index in [1.165, 1.54) is 6.92 Å². The lowest BCUT2D eigenvalue weighted by molar-refractivity contribution is -0.144. The van der Waals surface area contributed by atoms with Crippen molar-refractivity contribution < 1.29 is 23.9 Å². The van der Waals surface area contributed by atoms with Gasteiger partial charge in [-0.25, -0.2) is 9.78 Å². The predicted molar refractivity (Wildman–Crippen MR) is 79.4 cm³/mol. The van der Waals surface area contributed by atoms with Gasteiger partial charge >= 0.3 is 11.9 Å². The number of hydrogen-bond donors (Lipinski definition) is 1. The number of rotatable bonds is 7. The third-order valence-electron chi connectivity index (χ3n) is 2.17. The van der Waals surface area contributed by atoms with E-state index in [1.807, 2.05) is 0 Å². The zero-order valence-electron chi connectivity index (χ0n) is 11.9. The number of esters is 2. The van der Waals surface area contributed by atoms with Crippen molar-refractivity contribution in [1.29, 1.82) is 0 Å². The molecule has 2 N–H and O–H groups in total. The Kier molecular flexibility index (Phi) is 6.63. The van der Waals surface area contributed by atoms with Crippen molar-refractivity contribution in [1.82, 2.24) is 4.98 Å². The highest BCUT2D eigenvalue weighted by Gasteiger charge is 2.30. The zero-order chi connectivity index (χ0) is 16.0. The van der Waals surface area contributed by atoms with Gasteiger partial charge in [0.1, 0.15) is 9.90 Å². The maximum absolute atomic E-state index is 11.8. The Morgan fingerprint density at radius 3 is 2.43 bits per heavy atom. The molecule has 116 valence electrons. The van der Waals surface area contributed by atoms with E-state index in [4.69, 9.17) is 15.2 Å². The van der Waals surface area contributed by atoms with E-state index in [1.54, 1.807) is 13.8 Å². The monoisotopic (exact) mass is 332 g/mol. The van der Waals surface area contributed by atoms with E-state index < -0.39 is 17.2 Å². The summed E-state index contributed by atoms with van der Waals surface area (Å²) < 4.78 is 9.73. The number of carbonyl (C=O) groups excluding carboxylic acids is 3. The van der Waals surface area contributed by atoms with Crippen molar-refractivity contribution in [3.63, 3.8) is 0 Å². The van der Waals surface area contributed by atoms with Gasteiger partial charge in [-0.2, -0.15) is 0 Å². The van der Waals surface area contributed by atoms with E-state index in [0.717, 1.165) is 23.1 Å². The molecule has 0 amide bonds. The van der Waals surface area contributed by atoms with Gasteiger partial charge in [-0.3, -0.25) is 9.59 Å². The highest BCUT2D eigenvalue weighted by Crippen LogP contribution is 2.33. The number of hydrogen-bond acceptors (Lipinski definition) is 9. The molecule has 1 aromatic heterocycles. The molecule has 0 radical (unpaired) electrons. The molecular formula is C12H16N2O5S2. The standard InChI is InChI=1S/C12H16N2O5S2/c1-4-18-10(16)7(6(3)15)20-9-8(11(17)19-5-2)21-12(13)14-9/h7H,4-5H2,1-3H3,(H2,13,14). The van der Waals surface area contributed by atoms with Crippen molar-refractivity contribution in [2.45, 2.75) is 31.0 Å². The Hall–Kier alpha value is -1.61. The van der Waals surface area contributed by atoms with Crippen molar-refractivity contribution in [3.8, 4) is 0 Å². The predicted octanol–water partition coefficient (Wildman–Crippen LogP) is 1.51. The van der Waals surface area contributed by atoms with Crippen LogP contribution in [-0.2, 0) is 19.1 Å². The number of carbonyl (C=O) groups is 3. The summed E-state index contributed by atoms with van der Waals surface area (Å²) >= 11 is 1.79. The quantitative estimate of drug-likeness (QED) is 0.455. The summed E-state index contributed by atoms with van der Waals surface area (Å²) in [6.07, 6.45) is 0. The summed E-state index contributed by atoms with van der Waals surface area (Å²) in [5.41, 5.74) is 5.59. The number of ether oxygens (including phenoxy) is 2. The second kappa shape index (κ2) is 7.99. The van der Waals surface area contributed by atoms with Gasteiger partial charge in [-0.15, -0.1) is 0 Å². The molecule has 0 saturated heterocycles. The average molecular weight is 332 g/mol. The summed E-state index contributed by atoms with van der Waals surface area (Å²) in [4.78, 5) is 39.3. The lowest BCUT2D eigenvalue weighted by atomic mass is 10.3. The molecule has 0 aliphatic heterocycles. The van der Waals surface area contributed by atoms with E-state index in [-0.39, 0.29) is 34.0 Å². The largest absolute Gasteiger partial charge is 0.465 e. The molecule has 0 saturated carbocycles. The second-order valence-electron chi connectivity index (χ2n) is 3.77. The van der Waals surface area contributed by atoms with E-state index in [2.05, 4.69) is 4.98 Å². The summed E-state index contributed by atoms with van der Waals surface area (Å²) in [5.74, 6) is -1.64. The number of nitrogen functional groups attached to an aromatic ring is 1. The molecule has 7 nitrogen and oxygen atoms in total. The maximum atomic E-state index is 11.8. The fourth-order valence-corrected chi connectivity index (χ4v) is 3.20. The van der Waals surface area contributed by atoms with E-state index in [0.29, 0.717) is 0 Å². The molecule has 21 heavy (non-hydrogen) atoms. The van der Waals surface area contributed by atoms with Crippen LogP contribution < -0.4 is 5.73 Å². The minimum atomic E-state index is -1.08. The smallest absolute Gasteiger partial charge is 0.351 e. The first-order valence-corrected chi connectivity index (χ1v) is 7.87. The average Bonchev–Trinajstić information content (AvgIpc) is 2.77. The van der Waals surface area contributed by atoms with Crippen molar-refractivity contribution in [3.05, 3.63) is 4.88 Å². The number of thiazole rings is 1. The van der Waals surface area contributed by atoms with Crippen LogP contribution in [0.5, 0.6) is 0 Å². The Balaban J connectivity index is 3.01. The highest BCUT2D eigenvalue weighted by molar-refractivity contribution is 8.01. The van der Waals surface area contributed by atoms with Gasteiger partial charge in [0, 0.05) is 0 Å². The molecule has 1 aromatic rings. The van der Waals surface area contributed by atoms with E-state index >= 15 is 0 Å². The van der Waals surface area contributed by atoms with Gasteiger partial charge in [0.2, 0.25) is 0 Å². The third-order valence-corrected chi connectivity index (χ3v) is 4.45. The molecule has 0 spiro atoms. The van der Waals surface area contributed by atoms with E-state index in [9.17, 15) is 14.4 Å². The molecule has 0 bridgehead atoms. The van der Waals surface area contributed by atoms with Gasteiger partial charge in [-0.05, 0) is 20.8 Å². The molecule has 1 unspecified atom stereocenters. The number of anilines is 1. The SMILES string of the molecule is CCOC(=O)c1sc(N)nc1SC(C(C)=O)C(=O)OCC. The number of nitrogens with two attached hydrogens (primary N) is 1. The number of Topliss-reactive ketones (excluding diaryl/α,β-unsaturated/α-hetero) is 1. The zero-order valence-corrected chi connectivity index (χ0v) is 13.5. The lowest BCUT2D eigenvalue weighted by Gasteiger charge is -2.11. The molecule has 0 aliphatic carbocycles. The van der Waals surface area contributed by atoms with Crippen LogP contribution in [0.3, 0.4) is 0 Å². The lowest BCUT2D eigenvalue weighted by Crippen LogP contribution is -2.27. The van der Waals surface area contributed by atoms with Crippen molar-refractivity contribution in [2.24, 2.45) is 0 Å². The number of aromatic nitrogens is 1. The van der Waals surface area contributed by atoms with Crippen LogP contribution in [0, 0.1) is 0 Å². The summed E-state index contributed by atoms with van der Waals surface area (Å²) in [6, 6.07) is 0. The first-order valence-electron chi connectivity index (χ1n) is 6.17. The number of nitrogens with zero attached hydrogens (tertiary/aromatic N) is 1. The van der Waals surface area contributed by atoms with Crippen LogP contribution in [0.4, 0.5) is 5.13 Å². The molecule has 1 rings (SSSR count). The second-order valence-corrected chi connectivity index (χ2v) is 5.89. The molecule has 1 heterocycles. The van der Waals surface area contributed by atoms with Crippen LogP contribution in [0.25, 0.3) is 0 Å². The van der Waals surface area contributed by atoms with Crippen molar-refractivity contribution in [2.75, 3.05) is 18.9 Å². The summed E-state index contributed by atoms with van der Waals surface area (Å²) in [7, 11) is 0. The molecule has 0 aliphatic rings. The topological polar surface area (TPSA) is 109 Å². The van der Waals surface area contributed by atoms with Crippen LogP contribution >= 0.6 is 23.1 Å². The van der Waals surface area contributed by atoms with Gasteiger partial charge in [0.15, 0.2) is 16.2 Å². The number of ketones is 1. The Morgan fingerprint density at radius 2 is 1.90 bits per heavy atom. The van der Waals surface area contributed by atoms with Gasteiger partial charge < -0.3 is 15.2 Å². The fourth-order valence-electron chi connectivity index (χ4n) is 1.35. The molecule has 0 aromatic carbocycles. The van der Waals surface area contributed by atoms with Crippen LogP contribution in [0.2, 0.25) is 0 Å². The minimum absolute atomic E-state index is 0.159. The Labute approximate surface area is 130 Å². The molecule has 9 heteroatoms. The molecular weight excluding hydrogens is 316 g/mol. The van der Waals surface area contributed by atoms with Gasteiger partial charge in [-0.1, -0.05) is 23.1 Å². The van der Waals surface area contributed by atoms with Crippen LogP contribution in [0.15, 0.2) is 5.03 Å². The maximum Gasteiger partial charge on any atom is 0.351 e. The Morgan fingerprint density at radius 1 is 1.29 bits per heavy atom. The molecule has 1 atom stereocenters. The number of thioether (sulfide) groups is 1. The molecule has 0 fully saturated rings. The summed E-state index contributed by atoms with van der Waals surface area (Å²) in [5, 5.41) is -0.726. The summed E-state index contributed by atoms with van der Waals surface area (Å²) in [6.45, 7) is 4.95. The van der Waals surface area contributed by atoms with Crippen LogP contribution in [0.1, 0.15) is 30.4 Å². The first-order chi connectivity index (χ1) is 9.90. The van der Waals surface area contributed by atoms with Crippen LogP contribution in [-0.4, -0.2) is 41.2 Å². The van der Waals surface area contributed by atoms with Gasteiger partial charge in [0.05, 0.1) is 13.2 Å². The van der Waals surface area contributed by atoms with Gasteiger partial charge in [0.25, 0.3) is 0 Å². The Bertz CT molecular complexity index is 544. The fraction of sp³-hybridized carbons (Fsp3) is 0.500. The minimum Gasteiger partial charge on any atom is -0.465 e. The van der Waals surface area contributed by atoms with Crippen molar-refractivity contribution >= 4 is 46.0 Å².